The van der Waals surface area contributed by atoms with Crippen molar-refractivity contribution in [1.82, 2.24) is 20.2 Å². The minimum absolute atomic E-state index is 0.0876. The van der Waals surface area contributed by atoms with E-state index in [1.807, 2.05) is 30.3 Å². The molecular weight excluding hydrogens is 354 g/mol. The molecule has 26 heavy (non-hydrogen) atoms. The molecular formula is C17H21N5O3S. The van der Waals surface area contributed by atoms with Crippen LogP contribution in [0, 0.1) is 0 Å². The molecule has 0 amide bonds. The SMILES string of the molecule is O=c1[nH]nc(SC[C@H]2CN=C(c3ccccc3)NO2)n1C[C@H]1CCCO1. The second-order valence-electron chi connectivity index (χ2n) is 6.27. The van der Waals surface area contributed by atoms with Crippen molar-refractivity contribution >= 4 is 17.6 Å². The third-order valence-corrected chi connectivity index (χ3v) is 5.46. The summed E-state index contributed by atoms with van der Waals surface area (Å²) in [6.07, 6.45) is 2.03. The number of thioether (sulfide) groups is 1. The largest absolute Gasteiger partial charge is 0.376 e. The Hall–Kier alpha value is -2.10. The Morgan fingerprint density at radius 3 is 2.88 bits per heavy atom. The minimum atomic E-state index is -0.199. The fourth-order valence-electron chi connectivity index (χ4n) is 2.97. The van der Waals surface area contributed by atoms with Gasteiger partial charge in [0.05, 0.1) is 19.2 Å². The number of hydroxylamine groups is 1. The van der Waals surface area contributed by atoms with Crippen molar-refractivity contribution in [2.45, 2.75) is 36.8 Å². The first-order valence-corrected chi connectivity index (χ1v) is 9.69. The van der Waals surface area contributed by atoms with E-state index in [0.29, 0.717) is 24.0 Å². The number of aromatic amines is 1. The summed E-state index contributed by atoms with van der Waals surface area (Å²) in [5.41, 5.74) is 3.72. The zero-order valence-electron chi connectivity index (χ0n) is 14.3. The number of nitrogens with one attached hydrogen (secondary N) is 2. The Morgan fingerprint density at radius 1 is 1.27 bits per heavy atom. The quantitative estimate of drug-likeness (QED) is 0.737. The van der Waals surface area contributed by atoms with Crippen LogP contribution in [0.5, 0.6) is 0 Å². The predicted molar refractivity (Wildman–Crippen MR) is 98.4 cm³/mol. The monoisotopic (exact) mass is 375 g/mol. The van der Waals surface area contributed by atoms with Crippen LogP contribution in [0.15, 0.2) is 45.3 Å². The maximum Gasteiger partial charge on any atom is 0.344 e. The number of amidine groups is 1. The van der Waals surface area contributed by atoms with Crippen molar-refractivity contribution in [3.63, 3.8) is 0 Å². The van der Waals surface area contributed by atoms with Crippen LogP contribution >= 0.6 is 11.8 Å². The molecule has 9 heteroatoms. The first kappa shape index (κ1) is 17.3. The number of aliphatic imine (C=N–C) groups is 1. The van der Waals surface area contributed by atoms with E-state index in [1.54, 1.807) is 4.57 Å². The van der Waals surface area contributed by atoms with Crippen molar-refractivity contribution in [2.24, 2.45) is 4.99 Å². The maximum absolute atomic E-state index is 12.0. The normalized spacial score (nSPS) is 22.8. The average Bonchev–Trinajstić information content (AvgIpc) is 3.32. The number of ether oxygens (including phenoxy) is 1. The van der Waals surface area contributed by atoms with Gasteiger partial charge in [-0.25, -0.2) is 15.4 Å². The van der Waals surface area contributed by atoms with Crippen LogP contribution in [-0.4, -0.2) is 51.7 Å². The van der Waals surface area contributed by atoms with E-state index in [9.17, 15) is 4.79 Å². The fraction of sp³-hybridized carbons (Fsp3) is 0.471. The molecule has 0 saturated carbocycles. The molecule has 2 atom stereocenters. The van der Waals surface area contributed by atoms with Gasteiger partial charge < -0.3 is 4.74 Å². The maximum atomic E-state index is 12.0. The molecule has 0 unspecified atom stereocenters. The molecule has 0 radical (unpaired) electrons. The van der Waals surface area contributed by atoms with Crippen molar-refractivity contribution in [2.75, 3.05) is 18.9 Å². The predicted octanol–water partition coefficient (Wildman–Crippen LogP) is 1.19. The molecule has 2 aromatic rings. The molecule has 1 saturated heterocycles. The van der Waals surface area contributed by atoms with E-state index in [1.165, 1.54) is 11.8 Å². The van der Waals surface area contributed by atoms with Gasteiger partial charge in [-0.3, -0.25) is 14.4 Å². The minimum Gasteiger partial charge on any atom is -0.376 e. The Labute approximate surface area is 154 Å². The van der Waals surface area contributed by atoms with Crippen LogP contribution in [0.4, 0.5) is 0 Å². The highest BCUT2D eigenvalue weighted by Crippen LogP contribution is 2.20. The van der Waals surface area contributed by atoms with E-state index < -0.39 is 0 Å². The Morgan fingerprint density at radius 2 is 2.15 bits per heavy atom. The van der Waals surface area contributed by atoms with Gasteiger partial charge in [-0.1, -0.05) is 42.1 Å². The first-order chi connectivity index (χ1) is 12.8. The van der Waals surface area contributed by atoms with Crippen LogP contribution in [0.2, 0.25) is 0 Å². The summed E-state index contributed by atoms with van der Waals surface area (Å²) in [6, 6.07) is 9.86. The van der Waals surface area contributed by atoms with Gasteiger partial charge in [0.15, 0.2) is 11.0 Å². The fourth-order valence-corrected chi connectivity index (χ4v) is 3.90. The van der Waals surface area contributed by atoms with Gasteiger partial charge in [0.1, 0.15) is 6.10 Å². The average molecular weight is 375 g/mol. The van der Waals surface area contributed by atoms with E-state index in [4.69, 9.17) is 9.57 Å². The van der Waals surface area contributed by atoms with Gasteiger partial charge in [-0.05, 0) is 12.8 Å². The third kappa shape index (κ3) is 4.00. The highest BCUT2D eigenvalue weighted by Gasteiger charge is 2.22. The molecule has 0 spiro atoms. The van der Waals surface area contributed by atoms with Crippen LogP contribution in [0.3, 0.4) is 0 Å². The van der Waals surface area contributed by atoms with Gasteiger partial charge in [0, 0.05) is 17.9 Å². The highest BCUT2D eigenvalue weighted by atomic mass is 32.2. The van der Waals surface area contributed by atoms with E-state index in [2.05, 4.69) is 20.7 Å². The molecule has 4 rings (SSSR count). The molecule has 3 heterocycles. The second-order valence-corrected chi connectivity index (χ2v) is 7.25. The molecule has 138 valence electrons. The number of hydrogen-bond acceptors (Lipinski definition) is 7. The number of hydrogen-bond donors (Lipinski definition) is 2. The number of rotatable bonds is 6. The van der Waals surface area contributed by atoms with Gasteiger partial charge in [-0.15, -0.1) is 5.10 Å². The van der Waals surface area contributed by atoms with Gasteiger partial charge >= 0.3 is 5.69 Å². The lowest BCUT2D eigenvalue weighted by molar-refractivity contribution is 0.0212. The number of aromatic nitrogens is 3. The van der Waals surface area contributed by atoms with Crippen molar-refractivity contribution in [1.29, 1.82) is 0 Å². The summed E-state index contributed by atoms with van der Waals surface area (Å²) in [5, 5.41) is 7.31. The zero-order chi connectivity index (χ0) is 17.8. The number of benzene rings is 1. The lowest BCUT2D eigenvalue weighted by atomic mass is 10.2. The van der Waals surface area contributed by atoms with Gasteiger partial charge in [-0.2, -0.15) is 0 Å². The summed E-state index contributed by atoms with van der Waals surface area (Å²) < 4.78 is 7.27. The molecule has 2 N–H and O–H groups in total. The van der Waals surface area contributed by atoms with E-state index in [-0.39, 0.29) is 17.9 Å². The summed E-state index contributed by atoms with van der Waals surface area (Å²) in [5.74, 6) is 1.39. The molecule has 1 aromatic heterocycles. The molecule has 1 aromatic carbocycles. The zero-order valence-corrected chi connectivity index (χ0v) is 15.1. The van der Waals surface area contributed by atoms with E-state index in [0.717, 1.165) is 30.8 Å². The number of nitrogens with zero attached hydrogens (tertiary/aromatic N) is 3. The lowest BCUT2D eigenvalue weighted by Crippen LogP contribution is -2.38. The van der Waals surface area contributed by atoms with E-state index >= 15 is 0 Å². The first-order valence-electron chi connectivity index (χ1n) is 8.71. The molecule has 2 aliphatic heterocycles. The molecule has 2 aliphatic rings. The summed E-state index contributed by atoms with van der Waals surface area (Å²) in [4.78, 5) is 22.2. The standard InChI is InChI=1S/C17H21N5O3S/c23-16-19-20-17(22(16)10-13-7-4-8-24-13)26-11-14-9-18-15(21-25-14)12-5-2-1-3-6-12/h1-3,5-6,13-14H,4,7-11H2,(H,18,21)(H,19,23)/t13-,14-/m1/s1. The molecule has 1 fully saturated rings. The number of H-pyrrole nitrogens is 1. The van der Waals surface area contributed by atoms with Crippen molar-refractivity contribution in [3.8, 4) is 0 Å². The molecule has 0 aliphatic carbocycles. The Bertz CT molecular complexity index is 813. The Balaban J connectivity index is 1.34. The molecule has 8 nitrogen and oxygen atoms in total. The van der Waals surface area contributed by atoms with Crippen LogP contribution in [0.25, 0.3) is 0 Å². The van der Waals surface area contributed by atoms with Crippen LogP contribution in [-0.2, 0) is 16.1 Å². The second kappa shape index (κ2) is 8.07. The summed E-state index contributed by atoms with van der Waals surface area (Å²) in [6.45, 7) is 1.87. The van der Waals surface area contributed by atoms with Crippen LogP contribution < -0.4 is 11.2 Å². The topological polar surface area (TPSA) is 93.5 Å². The third-order valence-electron chi connectivity index (χ3n) is 4.35. The van der Waals surface area contributed by atoms with Gasteiger partial charge in [0.25, 0.3) is 0 Å². The lowest BCUT2D eigenvalue weighted by Gasteiger charge is -2.22. The van der Waals surface area contributed by atoms with Crippen molar-refractivity contribution < 1.29 is 9.57 Å². The summed E-state index contributed by atoms with van der Waals surface area (Å²) >= 11 is 1.49. The van der Waals surface area contributed by atoms with Gasteiger partial charge in [0.2, 0.25) is 0 Å². The Kier molecular flexibility index (Phi) is 5.37. The summed E-state index contributed by atoms with van der Waals surface area (Å²) in [7, 11) is 0. The smallest absolute Gasteiger partial charge is 0.344 e. The molecule has 0 bridgehead atoms. The van der Waals surface area contributed by atoms with Crippen LogP contribution in [0.1, 0.15) is 18.4 Å². The highest BCUT2D eigenvalue weighted by molar-refractivity contribution is 7.99. The van der Waals surface area contributed by atoms with Crippen molar-refractivity contribution in [3.05, 3.63) is 46.4 Å².